The molecule has 4 aromatic heterocycles. The summed E-state index contributed by atoms with van der Waals surface area (Å²) in [4.78, 5) is 11.4. The van der Waals surface area contributed by atoms with E-state index in [-0.39, 0.29) is 37.6 Å². The number of rotatable bonds is 7. The number of nitrogens with zero attached hydrogens (tertiary/aromatic N) is 6. The van der Waals surface area contributed by atoms with Crippen LogP contribution in [0.4, 0.5) is 0 Å². The van der Waals surface area contributed by atoms with Crippen LogP contribution in [0.25, 0.3) is 87.9 Å². The van der Waals surface area contributed by atoms with E-state index < -0.39 is 8.07 Å². The zero-order chi connectivity index (χ0) is 44.7. The van der Waals surface area contributed by atoms with E-state index in [4.69, 9.17) is 9.97 Å². The molecule has 0 aliphatic carbocycles. The molecule has 10 aromatic rings. The predicted octanol–water partition coefficient (Wildman–Crippen LogP) is 13.7. The van der Waals surface area contributed by atoms with Gasteiger partial charge in [-0.15, -0.1) is 27.6 Å². The molecule has 10 heteroatoms. The predicted molar refractivity (Wildman–Crippen MR) is 269 cm³/mol. The first-order valence-electron chi connectivity index (χ1n) is 21.9. The summed E-state index contributed by atoms with van der Waals surface area (Å²) >= 11 is 1.59. The number of aromatic nitrogens is 6. The first kappa shape index (κ1) is 44.2. The third-order valence-electron chi connectivity index (χ3n) is 12.3. The Morgan fingerprint density at radius 3 is 2.09 bits per heavy atom. The standard InChI is InChI=1S/C55H51N6OSSi.Pt/c1-54(2,3)38-30-43(50(62)44(31-38)55(4,5)6)52-58-49-40(21-16-22-47(49)61(52)46-24-23-39(64(7,8)9)32-41(46)35-19-14-11-15-20-35)42-27-37(29-48-51(42)63-53-59-57-33-60(48)53)45-28-36(25-26-56-45)34-17-12-10-13-18-34;/h10-26,28-33,62H,1-9H3;/q-1;. The van der Waals surface area contributed by atoms with Gasteiger partial charge in [0.2, 0.25) is 4.96 Å². The van der Waals surface area contributed by atoms with Crippen LogP contribution in [0.5, 0.6) is 5.75 Å². The van der Waals surface area contributed by atoms with E-state index in [1.165, 1.54) is 5.19 Å². The van der Waals surface area contributed by atoms with Crippen molar-refractivity contribution in [3.05, 3.63) is 157 Å². The number of para-hydroxylation sites is 1. The van der Waals surface area contributed by atoms with Crippen molar-refractivity contribution in [3.8, 4) is 67.5 Å². The molecule has 0 unspecified atom stereocenters. The minimum absolute atomic E-state index is 0. The summed E-state index contributed by atoms with van der Waals surface area (Å²) in [5.41, 5.74) is 13.8. The quantitative estimate of drug-likeness (QED) is 0.127. The second kappa shape index (κ2) is 16.5. The normalized spacial score (nSPS) is 12.3. The van der Waals surface area contributed by atoms with E-state index >= 15 is 0 Å². The number of fused-ring (bicyclic) bond motifs is 4. The molecule has 4 heterocycles. The van der Waals surface area contributed by atoms with E-state index in [0.29, 0.717) is 11.4 Å². The second-order valence-corrected chi connectivity index (χ2v) is 25.9. The van der Waals surface area contributed by atoms with Gasteiger partial charge in [-0.2, -0.15) is 0 Å². The molecule has 0 aliphatic heterocycles. The van der Waals surface area contributed by atoms with Crippen molar-refractivity contribution < 1.29 is 26.2 Å². The van der Waals surface area contributed by atoms with Crippen LogP contribution < -0.4 is 5.19 Å². The summed E-state index contributed by atoms with van der Waals surface area (Å²) in [6.07, 6.45) is 3.64. The van der Waals surface area contributed by atoms with Crippen molar-refractivity contribution in [2.45, 2.75) is 72.0 Å². The van der Waals surface area contributed by atoms with Crippen LogP contribution in [0.1, 0.15) is 52.7 Å². The van der Waals surface area contributed by atoms with Gasteiger partial charge in [-0.1, -0.05) is 186 Å². The van der Waals surface area contributed by atoms with Crippen molar-refractivity contribution in [2.24, 2.45) is 0 Å². The van der Waals surface area contributed by atoms with Crippen LogP contribution in [0.15, 0.2) is 140 Å². The Bertz CT molecular complexity index is 3410. The summed E-state index contributed by atoms with van der Waals surface area (Å²) in [6, 6.07) is 48.9. The molecule has 0 radical (unpaired) electrons. The number of phenolic OH excluding ortho intramolecular Hbond substituents is 1. The van der Waals surface area contributed by atoms with Gasteiger partial charge in [-0.3, -0.25) is 14.0 Å². The zero-order valence-electron chi connectivity index (χ0n) is 38.1. The minimum Gasteiger partial charge on any atom is -0.507 e. The first-order chi connectivity index (χ1) is 30.5. The van der Waals surface area contributed by atoms with Crippen LogP contribution >= 0.6 is 11.3 Å². The summed E-state index contributed by atoms with van der Waals surface area (Å²) in [7, 11) is -1.73. The Morgan fingerprint density at radius 2 is 1.40 bits per heavy atom. The molecule has 0 spiro atoms. The molecule has 0 amide bonds. The average Bonchev–Trinajstić information content (AvgIpc) is 4.00. The van der Waals surface area contributed by atoms with Gasteiger partial charge in [0.25, 0.3) is 0 Å². The molecule has 65 heavy (non-hydrogen) atoms. The molecule has 0 fully saturated rings. The maximum absolute atomic E-state index is 12.6. The fourth-order valence-electron chi connectivity index (χ4n) is 8.69. The maximum atomic E-state index is 12.6. The van der Waals surface area contributed by atoms with Gasteiger partial charge in [0.05, 0.1) is 30.4 Å². The summed E-state index contributed by atoms with van der Waals surface area (Å²) < 4.78 is 5.34. The fourth-order valence-corrected chi connectivity index (χ4v) is 10.9. The minimum atomic E-state index is -1.73. The Balaban J connectivity index is 0.00000533. The van der Waals surface area contributed by atoms with Gasteiger partial charge >= 0.3 is 0 Å². The van der Waals surface area contributed by atoms with Gasteiger partial charge in [-0.25, -0.2) is 4.98 Å². The first-order valence-corrected chi connectivity index (χ1v) is 26.2. The monoisotopic (exact) mass is 1070 g/mol. The molecule has 10 rings (SSSR count). The zero-order valence-corrected chi connectivity index (χ0v) is 42.2. The van der Waals surface area contributed by atoms with Crippen LogP contribution in [-0.2, 0) is 31.9 Å². The van der Waals surface area contributed by atoms with Crippen molar-refractivity contribution in [1.29, 1.82) is 0 Å². The number of hydrogen-bond donors (Lipinski definition) is 1. The SMILES string of the molecule is CC(C)(C)c1cc(-c2nc3c(-c4[c-]c(-c5cc(-c6ccccc6)ccn5)cc5c4sc4nncn45)cccc3n2-c2ccc([Si](C)(C)C)cc2-c2ccccc2)c(O)c(C(C)(C)C)c1.[Pt]. The van der Waals surface area contributed by atoms with E-state index in [9.17, 15) is 5.11 Å². The Morgan fingerprint density at radius 1 is 0.677 bits per heavy atom. The van der Waals surface area contributed by atoms with E-state index in [1.54, 1.807) is 17.7 Å². The third-order valence-corrected chi connectivity index (χ3v) is 15.4. The third kappa shape index (κ3) is 7.98. The van der Waals surface area contributed by atoms with Gasteiger partial charge in [-0.05, 0) is 62.0 Å². The van der Waals surface area contributed by atoms with Gasteiger partial charge < -0.3 is 5.11 Å². The molecule has 0 atom stereocenters. The van der Waals surface area contributed by atoms with Crippen molar-refractivity contribution in [3.63, 3.8) is 0 Å². The topological polar surface area (TPSA) is 81.1 Å². The second-order valence-electron chi connectivity index (χ2n) is 19.9. The summed E-state index contributed by atoms with van der Waals surface area (Å²) in [5.74, 6) is 0.912. The number of benzene rings is 6. The molecule has 328 valence electrons. The smallest absolute Gasteiger partial charge is 0.208 e. The Kier molecular flexibility index (Phi) is 11.2. The summed E-state index contributed by atoms with van der Waals surface area (Å²) in [5, 5.41) is 22.7. The van der Waals surface area contributed by atoms with Crippen molar-refractivity contribution in [2.75, 3.05) is 0 Å². The van der Waals surface area contributed by atoms with Crippen LogP contribution in [-0.4, -0.2) is 42.3 Å². The molecule has 0 saturated heterocycles. The fraction of sp³-hybridized carbons (Fsp3) is 0.200. The van der Waals surface area contributed by atoms with Crippen molar-refractivity contribution >= 4 is 50.8 Å². The number of aromatic hydroxyl groups is 1. The van der Waals surface area contributed by atoms with Gasteiger partial charge in [0.1, 0.15) is 17.9 Å². The van der Waals surface area contributed by atoms with E-state index in [1.807, 2.05) is 22.7 Å². The number of imidazole rings is 1. The molecule has 0 aliphatic rings. The van der Waals surface area contributed by atoms with Gasteiger partial charge in [0, 0.05) is 49.6 Å². The molecule has 6 aromatic carbocycles. The van der Waals surface area contributed by atoms with Crippen LogP contribution in [0.2, 0.25) is 19.6 Å². The van der Waals surface area contributed by atoms with Crippen LogP contribution in [0.3, 0.4) is 0 Å². The molecule has 0 bridgehead atoms. The van der Waals surface area contributed by atoms with Crippen LogP contribution in [0, 0.1) is 6.07 Å². The van der Waals surface area contributed by atoms with E-state index in [0.717, 1.165) is 87.7 Å². The number of pyridine rings is 1. The Labute approximate surface area is 400 Å². The van der Waals surface area contributed by atoms with Crippen molar-refractivity contribution in [1.82, 2.24) is 29.1 Å². The maximum Gasteiger partial charge on any atom is 0.208 e. The average molecular weight is 1070 g/mol. The number of thiazole rings is 1. The number of phenols is 1. The van der Waals surface area contributed by atoms with Gasteiger partial charge in [0.15, 0.2) is 0 Å². The molecule has 1 N–H and O–H groups in total. The molecule has 0 saturated carbocycles. The largest absolute Gasteiger partial charge is 0.507 e. The number of hydrogen-bond acceptors (Lipinski definition) is 6. The Hall–Kier alpha value is -5.99. The molecular formula is C55H51N6OPtSSi-. The van der Waals surface area contributed by atoms with E-state index in [2.05, 4.69) is 197 Å². The molecule has 7 nitrogen and oxygen atoms in total. The molecular weight excluding hydrogens is 1020 g/mol. The summed E-state index contributed by atoms with van der Waals surface area (Å²) in [6.45, 7) is 20.3.